The molecule has 6 rings (SSSR count). The van der Waals surface area contributed by atoms with Gasteiger partial charge in [0.25, 0.3) is 0 Å². The summed E-state index contributed by atoms with van der Waals surface area (Å²) in [5, 5.41) is 0. The van der Waals surface area contributed by atoms with Gasteiger partial charge in [-0.25, -0.2) is 0 Å². The van der Waals surface area contributed by atoms with Gasteiger partial charge in [-0.3, -0.25) is 19.2 Å². The van der Waals surface area contributed by atoms with Crippen molar-refractivity contribution in [3.8, 4) is 17.2 Å². The van der Waals surface area contributed by atoms with Crippen LogP contribution in [0.2, 0.25) is 0 Å². The lowest BCUT2D eigenvalue weighted by atomic mass is 9.90. The van der Waals surface area contributed by atoms with Crippen molar-refractivity contribution in [2.24, 2.45) is 41.4 Å². The molecule has 0 aliphatic heterocycles. The summed E-state index contributed by atoms with van der Waals surface area (Å²) < 4.78 is 39.7. The Balaban J connectivity index is 0.000000274. The molecule has 0 saturated heterocycles. The first-order chi connectivity index (χ1) is 37.9. The van der Waals surface area contributed by atoms with Crippen molar-refractivity contribution >= 4 is 35.5 Å². The van der Waals surface area contributed by atoms with Gasteiger partial charge < -0.3 is 33.2 Å². The first-order valence-electron chi connectivity index (χ1n) is 30.5. The number of para-hydroxylation sites is 3. The lowest BCUT2D eigenvalue weighted by molar-refractivity contribution is -0.165. The molecule has 0 heterocycles. The van der Waals surface area contributed by atoms with Crippen LogP contribution in [0.1, 0.15) is 265 Å². The van der Waals surface area contributed by atoms with Gasteiger partial charge >= 0.3 is 23.9 Å². The number of ether oxygens (including phenoxy) is 7. The zero-order chi connectivity index (χ0) is 60.5. The fraction of sp³-hybridized carbons (Fsp3) is 0.681. The standard InChI is InChI=1S/2C27H42O5.C15H21ClO/c2*1-17(2)14-21(15-24(28)32-27(6,7)8)26(29)31-16-30-25-22(18(3)4)10-9-11-23(25)19(5)20-12-13-20;1-10(2)13-5-4-6-14(15(13)17-9-16)11(3)12-7-8-12/h2*9-11,17-21H,12-16H2,1-8H3;4-6,10-12H,7-9H2,1-3H3/t2*19-,21-;11-/m111/s1. The Morgan fingerprint density at radius 2 is 0.716 bits per heavy atom. The number of esters is 4. The highest BCUT2D eigenvalue weighted by Gasteiger charge is 2.35. The summed E-state index contributed by atoms with van der Waals surface area (Å²) in [7, 11) is 0. The highest BCUT2D eigenvalue weighted by molar-refractivity contribution is 6.17. The molecule has 0 unspecified atom stereocenters. The Morgan fingerprint density at radius 1 is 0.444 bits per heavy atom. The molecule has 0 bridgehead atoms. The molecular weight excluding hydrogens is 1040 g/mol. The van der Waals surface area contributed by atoms with Crippen LogP contribution in [0.5, 0.6) is 17.2 Å². The maximum atomic E-state index is 12.8. The number of hydrogen-bond donors (Lipinski definition) is 0. The molecule has 454 valence electrons. The van der Waals surface area contributed by atoms with Crippen LogP contribution in [0.3, 0.4) is 0 Å². The van der Waals surface area contributed by atoms with E-state index in [1.165, 1.54) is 60.8 Å². The summed E-state index contributed by atoms with van der Waals surface area (Å²) in [6, 6.07) is 19.3. The maximum Gasteiger partial charge on any atom is 0.312 e. The Bertz CT molecular complexity index is 2320. The van der Waals surface area contributed by atoms with Crippen LogP contribution < -0.4 is 14.2 Å². The summed E-state index contributed by atoms with van der Waals surface area (Å²) in [5.41, 5.74) is 6.06. The molecule has 0 amide bonds. The van der Waals surface area contributed by atoms with Crippen LogP contribution in [0.15, 0.2) is 54.6 Å². The van der Waals surface area contributed by atoms with Gasteiger partial charge in [0, 0.05) is 0 Å². The topological polar surface area (TPSA) is 133 Å². The second-order valence-corrected chi connectivity index (χ2v) is 27.3. The lowest BCUT2D eigenvalue weighted by Crippen LogP contribution is -2.29. The monoisotopic (exact) mass is 1140 g/mol. The molecule has 3 aliphatic rings. The first-order valence-corrected chi connectivity index (χ1v) is 31.1. The smallest absolute Gasteiger partial charge is 0.312 e. The van der Waals surface area contributed by atoms with E-state index in [4.69, 9.17) is 44.8 Å². The van der Waals surface area contributed by atoms with E-state index in [0.29, 0.717) is 60.2 Å². The minimum atomic E-state index is -0.582. The van der Waals surface area contributed by atoms with Gasteiger partial charge in [0.05, 0.1) is 24.7 Å². The summed E-state index contributed by atoms with van der Waals surface area (Å²) in [6.45, 7) is 38.4. The van der Waals surface area contributed by atoms with Crippen LogP contribution in [0.25, 0.3) is 0 Å². The molecule has 3 aromatic rings. The third kappa shape index (κ3) is 23.4. The summed E-state index contributed by atoms with van der Waals surface area (Å²) >= 11 is 5.76. The number of hydrogen-bond acceptors (Lipinski definition) is 11. The van der Waals surface area contributed by atoms with Crippen molar-refractivity contribution in [3.63, 3.8) is 0 Å². The minimum Gasteiger partial charge on any atom is -0.477 e. The molecule has 3 aromatic carbocycles. The quantitative estimate of drug-likeness (QED) is 0.0313. The van der Waals surface area contributed by atoms with Gasteiger partial charge in [0.15, 0.2) is 6.07 Å². The van der Waals surface area contributed by atoms with Gasteiger partial charge in [0.1, 0.15) is 28.5 Å². The third-order valence-electron chi connectivity index (χ3n) is 15.4. The van der Waals surface area contributed by atoms with E-state index in [-0.39, 0.29) is 56.3 Å². The van der Waals surface area contributed by atoms with E-state index in [2.05, 4.69) is 117 Å². The molecule has 3 fully saturated rings. The number of halogens is 1. The van der Waals surface area contributed by atoms with Gasteiger partial charge in [0.2, 0.25) is 13.6 Å². The van der Waals surface area contributed by atoms with Crippen molar-refractivity contribution in [3.05, 3.63) is 88.0 Å². The van der Waals surface area contributed by atoms with Gasteiger partial charge in [-0.2, -0.15) is 0 Å². The van der Waals surface area contributed by atoms with Crippen molar-refractivity contribution in [1.29, 1.82) is 0 Å². The maximum absolute atomic E-state index is 12.8. The highest BCUT2D eigenvalue weighted by Crippen LogP contribution is 2.49. The summed E-state index contributed by atoms with van der Waals surface area (Å²) in [5.74, 6) is 5.26. The number of rotatable bonds is 27. The molecule has 3 aliphatic carbocycles. The minimum absolute atomic E-state index is 0.0147. The van der Waals surface area contributed by atoms with E-state index in [1.807, 2.05) is 69.2 Å². The molecule has 0 aromatic heterocycles. The number of benzene rings is 3. The molecule has 0 radical (unpaired) electrons. The number of alkyl halides is 1. The second-order valence-electron chi connectivity index (χ2n) is 27.1. The predicted octanol–water partition coefficient (Wildman–Crippen LogP) is 18.1. The molecule has 81 heavy (non-hydrogen) atoms. The fourth-order valence-electron chi connectivity index (χ4n) is 10.6. The molecule has 0 spiro atoms. The third-order valence-corrected chi connectivity index (χ3v) is 15.5. The Kier molecular flexibility index (Phi) is 27.0. The van der Waals surface area contributed by atoms with E-state index in [9.17, 15) is 19.2 Å². The lowest BCUT2D eigenvalue weighted by Gasteiger charge is -2.23. The highest BCUT2D eigenvalue weighted by atomic mass is 35.5. The molecular formula is C69H105ClO11. The largest absolute Gasteiger partial charge is 0.477 e. The van der Waals surface area contributed by atoms with Crippen molar-refractivity contribution in [2.75, 3.05) is 19.7 Å². The molecule has 0 N–H and O–H groups in total. The van der Waals surface area contributed by atoms with E-state index in [0.717, 1.165) is 34.3 Å². The normalized spacial score (nSPS) is 16.3. The average molecular weight is 1150 g/mol. The van der Waals surface area contributed by atoms with Crippen LogP contribution in [-0.4, -0.2) is 54.7 Å². The zero-order valence-electron chi connectivity index (χ0n) is 53.3. The van der Waals surface area contributed by atoms with Crippen LogP contribution >= 0.6 is 11.6 Å². The van der Waals surface area contributed by atoms with Gasteiger partial charge in [-0.15, -0.1) is 0 Å². The Morgan fingerprint density at radius 3 is 0.951 bits per heavy atom. The predicted molar refractivity (Wildman–Crippen MR) is 326 cm³/mol. The molecule has 5 atom stereocenters. The van der Waals surface area contributed by atoms with Gasteiger partial charge in [-0.1, -0.05) is 156 Å². The van der Waals surface area contributed by atoms with E-state index >= 15 is 0 Å². The van der Waals surface area contributed by atoms with E-state index < -0.39 is 35.0 Å². The molecule has 12 heteroatoms. The fourth-order valence-corrected chi connectivity index (χ4v) is 10.7. The van der Waals surface area contributed by atoms with Crippen LogP contribution in [0.4, 0.5) is 0 Å². The zero-order valence-corrected chi connectivity index (χ0v) is 54.0. The molecule has 3 saturated carbocycles. The van der Waals surface area contributed by atoms with Crippen molar-refractivity contribution in [2.45, 2.75) is 242 Å². The first kappa shape index (κ1) is 68.7. The summed E-state index contributed by atoms with van der Waals surface area (Å²) in [4.78, 5) is 50.2. The Hall–Kier alpha value is -4.77. The molecule has 11 nitrogen and oxygen atoms in total. The Labute approximate surface area is 494 Å². The average Bonchev–Trinajstić information content (AvgIpc) is 4.28. The SMILES string of the molecule is CC(C)C[C@H](CC(=O)OC(C)(C)C)C(=O)OCOc1c(C(C)C)cccc1[C@H](C)C1CC1.CC(C)C[C@H](CC(=O)OC(C)(C)C)C(=O)OCOc1c(C(C)C)cccc1[C@H](C)C1CC1.CC(C)c1cccc([C@H](C)C2CC2)c1OCCl. The number of carbonyl (C=O) groups is 4. The van der Waals surface area contributed by atoms with Crippen molar-refractivity contribution < 1.29 is 52.3 Å². The van der Waals surface area contributed by atoms with Crippen molar-refractivity contribution in [1.82, 2.24) is 0 Å². The van der Waals surface area contributed by atoms with Crippen LogP contribution in [0, 0.1) is 41.4 Å². The van der Waals surface area contributed by atoms with Gasteiger partial charge in [-0.05, 0) is 191 Å². The van der Waals surface area contributed by atoms with Crippen LogP contribution in [-0.2, 0) is 38.1 Å². The summed E-state index contributed by atoms with van der Waals surface area (Å²) in [6.07, 6.45) is 8.87. The van der Waals surface area contributed by atoms with E-state index in [1.54, 1.807) is 0 Å². The second kappa shape index (κ2) is 31.8. The number of carbonyl (C=O) groups excluding carboxylic acids is 4.